The molecule has 5 heteroatoms. The third-order valence-electron chi connectivity index (χ3n) is 3.01. The number of aliphatic carboxylic acids is 1. The first kappa shape index (κ1) is 16.9. The van der Waals surface area contributed by atoms with Gasteiger partial charge in [0.25, 0.3) is 0 Å². The zero-order chi connectivity index (χ0) is 15.8. The molecule has 0 saturated heterocycles. The van der Waals surface area contributed by atoms with Crippen LogP contribution in [0.1, 0.15) is 12.5 Å². The van der Waals surface area contributed by atoms with Gasteiger partial charge >= 0.3 is 5.97 Å². The van der Waals surface area contributed by atoms with Gasteiger partial charge in [-0.3, -0.25) is 14.5 Å². The highest BCUT2D eigenvalue weighted by Crippen LogP contribution is 2.09. The van der Waals surface area contributed by atoms with Crippen LogP contribution in [0, 0.1) is 12.8 Å². The van der Waals surface area contributed by atoms with Gasteiger partial charge < -0.3 is 10.4 Å². The maximum atomic E-state index is 12.0. The topological polar surface area (TPSA) is 69.6 Å². The molecular weight excluding hydrogens is 268 g/mol. The van der Waals surface area contributed by atoms with E-state index >= 15 is 0 Å². The van der Waals surface area contributed by atoms with E-state index in [4.69, 9.17) is 5.11 Å². The van der Waals surface area contributed by atoms with E-state index in [0.717, 1.165) is 11.3 Å². The van der Waals surface area contributed by atoms with Gasteiger partial charge in [-0.1, -0.05) is 25.1 Å². The molecule has 114 valence electrons. The molecule has 0 aliphatic heterocycles. The number of nitrogens with zero attached hydrogens (tertiary/aromatic N) is 1. The van der Waals surface area contributed by atoms with Crippen molar-refractivity contribution in [2.24, 2.45) is 5.92 Å². The van der Waals surface area contributed by atoms with Crippen molar-refractivity contribution in [2.45, 2.75) is 13.8 Å². The molecule has 1 unspecified atom stereocenters. The molecule has 0 fully saturated rings. The predicted molar refractivity (Wildman–Crippen MR) is 83.2 cm³/mol. The van der Waals surface area contributed by atoms with E-state index < -0.39 is 11.9 Å². The summed E-state index contributed by atoms with van der Waals surface area (Å²) >= 11 is 0. The second-order valence-corrected chi connectivity index (χ2v) is 5.14. The lowest BCUT2D eigenvalue weighted by Gasteiger charge is -2.22. The molecule has 0 aliphatic carbocycles. The third-order valence-corrected chi connectivity index (χ3v) is 3.01. The highest BCUT2D eigenvalue weighted by Gasteiger charge is 2.17. The van der Waals surface area contributed by atoms with Crippen LogP contribution in [0.3, 0.4) is 0 Å². The summed E-state index contributed by atoms with van der Waals surface area (Å²) in [4.78, 5) is 24.7. The van der Waals surface area contributed by atoms with Crippen LogP contribution >= 0.6 is 0 Å². The number of benzene rings is 1. The zero-order valence-corrected chi connectivity index (χ0v) is 12.5. The smallest absolute Gasteiger partial charge is 0.307 e. The van der Waals surface area contributed by atoms with Crippen LogP contribution in [0.5, 0.6) is 0 Å². The van der Waals surface area contributed by atoms with E-state index in [0.29, 0.717) is 13.1 Å². The van der Waals surface area contributed by atoms with Gasteiger partial charge in [0.05, 0.1) is 12.5 Å². The fourth-order valence-corrected chi connectivity index (χ4v) is 1.98. The molecule has 1 atom stereocenters. The van der Waals surface area contributed by atoms with E-state index in [1.807, 2.05) is 31.2 Å². The molecule has 0 radical (unpaired) electrons. The first-order valence-electron chi connectivity index (χ1n) is 6.85. The SMILES string of the molecule is C=CCN(CC(=O)Nc1cccc(C)c1)CC(C)C(=O)O. The van der Waals surface area contributed by atoms with Gasteiger partial charge in [0.15, 0.2) is 0 Å². The number of carboxylic acid groups (broad SMARTS) is 1. The van der Waals surface area contributed by atoms with Gasteiger partial charge in [0.1, 0.15) is 0 Å². The maximum Gasteiger partial charge on any atom is 0.307 e. The molecule has 1 rings (SSSR count). The van der Waals surface area contributed by atoms with Gasteiger partial charge in [0, 0.05) is 18.8 Å². The average Bonchev–Trinajstić information content (AvgIpc) is 2.38. The number of nitrogens with one attached hydrogen (secondary N) is 1. The Morgan fingerprint density at radius 3 is 2.76 bits per heavy atom. The quantitative estimate of drug-likeness (QED) is 0.720. The van der Waals surface area contributed by atoms with Crippen molar-refractivity contribution >= 4 is 17.6 Å². The zero-order valence-electron chi connectivity index (χ0n) is 12.5. The molecule has 0 aliphatic rings. The fraction of sp³-hybridized carbons (Fsp3) is 0.375. The third kappa shape index (κ3) is 6.23. The summed E-state index contributed by atoms with van der Waals surface area (Å²) in [6, 6.07) is 7.53. The van der Waals surface area contributed by atoms with Crippen LogP contribution in [0.15, 0.2) is 36.9 Å². The number of rotatable bonds is 8. The average molecular weight is 290 g/mol. The van der Waals surface area contributed by atoms with Gasteiger partial charge in [0.2, 0.25) is 5.91 Å². The number of hydrogen-bond acceptors (Lipinski definition) is 3. The summed E-state index contributed by atoms with van der Waals surface area (Å²) in [5.74, 6) is -1.57. The van der Waals surface area contributed by atoms with E-state index in [1.165, 1.54) is 0 Å². The summed E-state index contributed by atoms with van der Waals surface area (Å²) in [5.41, 5.74) is 1.81. The second kappa shape index (κ2) is 8.21. The molecule has 0 aromatic heterocycles. The van der Waals surface area contributed by atoms with Crippen molar-refractivity contribution < 1.29 is 14.7 Å². The summed E-state index contributed by atoms with van der Waals surface area (Å²) in [7, 11) is 0. The number of anilines is 1. The first-order valence-corrected chi connectivity index (χ1v) is 6.85. The Balaban J connectivity index is 2.59. The standard InChI is InChI=1S/C16H22N2O3/c1-4-8-18(10-13(3)16(20)21)11-15(19)17-14-7-5-6-12(2)9-14/h4-7,9,13H,1,8,10-11H2,2-3H3,(H,17,19)(H,20,21). The lowest BCUT2D eigenvalue weighted by molar-refractivity contribution is -0.142. The molecule has 1 amide bonds. The van der Waals surface area contributed by atoms with Gasteiger partial charge in [-0.05, 0) is 24.6 Å². The van der Waals surface area contributed by atoms with E-state index in [2.05, 4.69) is 11.9 Å². The second-order valence-electron chi connectivity index (χ2n) is 5.14. The minimum Gasteiger partial charge on any atom is -0.481 e. The number of hydrogen-bond donors (Lipinski definition) is 2. The van der Waals surface area contributed by atoms with E-state index in [-0.39, 0.29) is 12.5 Å². The van der Waals surface area contributed by atoms with Crippen molar-refractivity contribution in [1.82, 2.24) is 4.90 Å². The van der Waals surface area contributed by atoms with Crippen LogP contribution in [0.4, 0.5) is 5.69 Å². The number of carboxylic acids is 1. The van der Waals surface area contributed by atoms with Crippen LogP contribution in [0.2, 0.25) is 0 Å². The van der Waals surface area contributed by atoms with E-state index in [9.17, 15) is 9.59 Å². The minimum absolute atomic E-state index is 0.136. The van der Waals surface area contributed by atoms with Crippen molar-refractivity contribution in [3.8, 4) is 0 Å². The molecule has 0 bridgehead atoms. The molecule has 2 N–H and O–H groups in total. The Kier molecular flexibility index (Phi) is 6.62. The summed E-state index contributed by atoms with van der Waals surface area (Å²) in [5, 5.41) is 11.8. The lowest BCUT2D eigenvalue weighted by Crippen LogP contribution is -2.38. The van der Waals surface area contributed by atoms with Crippen LogP contribution in [-0.2, 0) is 9.59 Å². The Hall–Kier alpha value is -2.14. The molecule has 1 aromatic carbocycles. The maximum absolute atomic E-state index is 12.0. The molecule has 0 saturated carbocycles. The largest absolute Gasteiger partial charge is 0.481 e. The predicted octanol–water partition coefficient (Wildman–Crippen LogP) is 2.14. The molecule has 0 heterocycles. The normalized spacial score (nSPS) is 12.0. The Morgan fingerprint density at radius 1 is 1.48 bits per heavy atom. The van der Waals surface area contributed by atoms with Crippen molar-refractivity contribution in [3.05, 3.63) is 42.5 Å². The van der Waals surface area contributed by atoms with E-state index in [1.54, 1.807) is 17.9 Å². The highest BCUT2D eigenvalue weighted by molar-refractivity contribution is 5.92. The summed E-state index contributed by atoms with van der Waals surface area (Å²) in [6.45, 7) is 8.12. The van der Waals surface area contributed by atoms with Crippen LogP contribution < -0.4 is 5.32 Å². The van der Waals surface area contributed by atoms with Crippen LogP contribution in [0.25, 0.3) is 0 Å². The molecule has 5 nitrogen and oxygen atoms in total. The number of amides is 1. The summed E-state index contributed by atoms with van der Waals surface area (Å²) < 4.78 is 0. The Morgan fingerprint density at radius 2 is 2.19 bits per heavy atom. The monoisotopic (exact) mass is 290 g/mol. The van der Waals surface area contributed by atoms with Gasteiger partial charge in [-0.2, -0.15) is 0 Å². The van der Waals surface area contributed by atoms with Crippen molar-refractivity contribution in [2.75, 3.05) is 25.0 Å². The first-order chi connectivity index (χ1) is 9.92. The molecular formula is C16H22N2O3. The number of carbonyl (C=O) groups excluding carboxylic acids is 1. The fourth-order valence-electron chi connectivity index (χ4n) is 1.98. The van der Waals surface area contributed by atoms with Gasteiger partial charge in [-0.25, -0.2) is 0 Å². The van der Waals surface area contributed by atoms with Crippen molar-refractivity contribution in [1.29, 1.82) is 0 Å². The minimum atomic E-state index is -0.872. The Bertz CT molecular complexity index is 514. The number of carbonyl (C=O) groups is 2. The highest BCUT2D eigenvalue weighted by atomic mass is 16.4. The van der Waals surface area contributed by atoms with Gasteiger partial charge in [-0.15, -0.1) is 6.58 Å². The number of aryl methyl sites for hydroxylation is 1. The van der Waals surface area contributed by atoms with Crippen molar-refractivity contribution in [3.63, 3.8) is 0 Å². The lowest BCUT2D eigenvalue weighted by atomic mass is 10.1. The molecule has 1 aromatic rings. The van der Waals surface area contributed by atoms with Crippen LogP contribution in [-0.4, -0.2) is 41.5 Å². The summed E-state index contributed by atoms with van der Waals surface area (Å²) in [6.07, 6.45) is 1.66. The molecule has 21 heavy (non-hydrogen) atoms. The molecule has 0 spiro atoms. The Labute approximate surface area is 125 Å².